The minimum absolute atomic E-state index is 0.189. The highest BCUT2D eigenvalue weighted by Gasteiger charge is 2.48. The molecule has 1 aliphatic carbocycles. The zero-order chi connectivity index (χ0) is 23.0. The van der Waals surface area contributed by atoms with Gasteiger partial charge in [-0.3, -0.25) is 4.79 Å². The van der Waals surface area contributed by atoms with E-state index in [1.54, 1.807) is 20.0 Å². The lowest BCUT2D eigenvalue weighted by molar-refractivity contribution is -0.176. The van der Waals surface area contributed by atoms with E-state index in [-0.39, 0.29) is 19.5 Å². The number of hydrogen-bond acceptors (Lipinski definition) is 6. The molecule has 0 saturated heterocycles. The third-order valence-electron chi connectivity index (χ3n) is 6.15. The molecule has 0 amide bonds. The van der Waals surface area contributed by atoms with Crippen molar-refractivity contribution in [1.29, 1.82) is 0 Å². The number of aliphatic hydroxyl groups is 1. The summed E-state index contributed by atoms with van der Waals surface area (Å²) in [6, 6.07) is 1.87. The summed E-state index contributed by atoms with van der Waals surface area (Å²) < 4.78 is 17.7. The van der Waals surface area contributed by atoms with Crippen LogP contribution in [0.1, 0.15) is 73.3 Å². The van der Waals surface area contributed by atoms with E-state index in [1.807, 2.05) is 54.4 Å². The van der Waals surface area contributed by atoms with Gasteiger partial charge in [0.05, 0.1) is 11.2 Å². The van der Waals surface area contributed by atoms with E-state index in [1.165, 1.54) is 0 Å². The first kappa shape index (κ1) is 24.7. The van der Waals surface area contributed by atoms with Crippen LogP contribution in [0.2, 0.25) is 6.82 Å². The summed E-state index contributed by atoms with van der Waals surface area (Å²) in [6.07, 6.45) is 4.29. The molecule has 30 heavy (non-hydrogen) atoms. The predicted octanol–water partition coefficient (Wildman–Crippen LogP) is 3.68. The van der Waals surface area contributed by atoms with Crippen molar-refractivity contribution in [2.45, 2.75) is 98.3 Å². The minimum Gasteiger partial charge on any atom is -0.476 e. The van der Waals surface area contributed by atoms with Gasteiger partial charge in [-0.1, -0.05) is 13.2 Å². The van der Waals surface area contributed by atoms with Crippen molar-refractivity contribution in [3.63, 3.8) is 0 Å². The molecule has 0 unspecified atom stereocenters. The summed E-state index contributed by atoms with van der Waals surface area (Å²) >= 11 is 0. The Balaban J connectivity index is 2.06. The Bertz CT molecular complexity index is 760. The van der Waals surface area contributed by atoms with Crippen LogP contribution < -0.4 is 10.2 Å². The first-order valence-corrected chi connectivity index (χ1v) is 10.8. The van der Waals surface area contributed by atoms with E-state index in [4.69, 9.17) is 14.1 Å². The lowest BCUT2D eigenvalue weighted by Crippen LogP contribution is -2.52. The fourth-order valence-corrected chi connectivity index (χ4v) is 3.30. The zero-order valence-electron chi connectivity index (χ0n) is 20.1. The van der Waals surface area contributed by atoms with Crippen LogP contribution in [0.15, 0.2) is 12.3 Å². The number of ether oxygens (including phenoxy) is 2. The maximum Gasteiger partial charge on any atom is 0.326 e. The molecule has 6 nitrogen and oxygen atoms in total. The van der Waals surface area contributed by atoms with Crippen LogP contribution >= 0.6 is 0 Å². The van der Waals surface area contributed by atoms with Crippen LogP contribution in [0.4, 0.5) is 0 Å². The summed E-state index contributed by atoms with van der Waals surface area (Å²) in [5.74, 6) is 0.297. The molecule has 1 aromatic heterocycles. The smallest absolute Gasteiger partial charge is 0.326 e. The molecule has 0 radical (unpaired) electrons. The second-order valence-electron chi connectivity index (χ2n) is 10.6. The molecule has 1 heterocycles. The number of carbonyl (C=O) groups is 1. The lowest BCUT2D eigenvalue weighted by atomic mass is 9.61. The van der Waals surface area contributed by atoms with Gasteiger partial charge in [0, 0.05) is 12.3 Å². The normalized spacial score (nSPS) is 16.6. The Kier molecular flexibility index (Phi) is 6.99. The molecule has 1 aliphatic rings. The Morgan fingerprint density at radius 2 is 1.80 bits per heavy atom. The lowest BCUT2D eigenvalue weighted by Gasteiger charge is -2.40. The number of aryl methyl sites for hydroxylation is 1. The van der Waals surface area contributed by atoms with Gasteiger partial charge in [0.25, 0.3) is 0 Å². The number of aromatic nitrogens is 1. The Morgan fingerprint density at radius 1 is 1.20 bits per heavy atom. The number of pyridine rings is 1. The first-order chi connectivity index (χ1) is 13.6. The Hall–Kier alpha value is -1.60. The minimum atomic E-state index is -0.982. The molecule has 0 atom stereocenters. The van der Waals surface area contributed by atoms with Gasteiger partial charge in [0.2, 0.25) is 5.88 Å². The quantitative estimate of drug-likeness (QED) is 0.512. The largest absolute Gasteiger partial charge is 0.476 e. The molecular formula is C23H38BNO5. The molecule has 1 saturated carbocycles. The van der Waals surface area contributed by atoms with Crippen LogP contribution in [0.25, 0.3) is 0 Å². The molecule has 2 rings (SSSR count). The van der Waals surface area contributed by atoms with Crippen molar-refractivity contribution in [2.24, 2.45) is 5.41 Å². The SMILES string of the molecule is CB(OC(C)(C)C(C)(C)O)c1cnc(OCC2(C(=O)OC(C)(C)C)CCC2)cc1C. The van der Waals surface area contributed by atoms with E-state index >= 15 is 0 Å². The third kappa shape index (κ3) is 5.76. The molecule has 1 aromatic rings. The Labute approximate surface area is 181 Å². The van der Waals surface area contributed by atoms with Crippen LogP contribution in [-0.2, 0) is 14.2 Å². The van der Waals surface area contributed by atoms with E-state index < -0.39 is 22.2 Å². The fourth-order valence-electron chi connectivity index (χ4n) is 3.30. The van der Waals surface area contributed by atoms with E-state index in [0.717, 1.165) is 30.3 Å². The van der Waals surface area contributed by atoms with E-state index in [0.29, 0.717) is 5.88 Å². The van der Waals surface area contributed by atoms with Crippen molar-refractivity contribution < 1.29 is 24.0 Å². The average Bonchev–Trinajstić information content (AvgIpc) is 2.50. The standard InChI is InChI=1S/C23H38BNO5/c1-16-13-18(25-14-17(16)24(9)30-22(7,8)21(5,6)27)28-15-23(11-10-12-23)19(26)29-20(2,3)4/h13-14,27H,10-12,15H2,1-9H3. The van der Waals surface area contributed by atoms with Crippen LogP contribution in [0.5, 0.6) is 5.88 Å². The highest BCUT2D eigenvalue weighted by molar-refractivity contribution is 6.66. The third-order valence-corrected chi connectivity index (χ3v) is 6.15. The second-order valence-corrected chi connectivity index (χ2v) is 10.6. The second kappa shape index (κ2) is 8.50. The molecule has 168 valence electrons. The van der Waals surface area contributed by atoms with Crippen molar-refractivity contribution in [3.8, 4) is 5.88 Å². The van der Waals surface area contributed by atoms with Crippen LogP contribution in [-0.4, -0.2) is 46.4 Å². The molecule has 0 bridgehead atoms. The molecule has 0 aromatic carbocycles. The van der Waals surface area contributed by atoms with Gasteiger partial charge >= 0.3 is 12.9 Å². The zero-order valence-corrected chi connectivity index (χ0v) is 20.1. The summed E-state index contributed by atoms with van der Waals surface area (Å²) in [6.45, 7) is 16.8. The van der Waals surface area contributed by atoms with Gasteiger partial charge in [0.1, 0.15) is 17.6 Å². The first-order valence-electron chi connectivity index (χ1n) is 10.8. The number of esters is 1. The summed E-state index contributed by atoms with van der Waals surface area (Å²) in [4.78, 5) is 17.1. The Morgan fingerprint density at radius 3 is 2.23 bits per heavy atom. The number of hydrogen-bond donors (Lipinski definition) is 1. The maximum atomic E-state index is 12.6. The van der Waals surface area contributed by atoms with Gasteiger partial charge in [-0.05, 0) is 79.3 Å². The molecule has 1 N–H and O–H groups in total. The van der Waals surface area contributed by atoms with Crippen molar-refractivity contribution in [1.82, 2.24) is 4.98 Å². The highest BCUT2D eigenvalue weighted by Crippen LogP contribution is 2.43. The summed E-state index contributed by atoms with van der Waals surface area (Å²) in [5.41, 5.74) is -0.871. The average molecular weight is 419 g/mol. The predicted molar refractivity (Wildman–Crippen MR) is 119 cm³/mol. The topological polar surface area (TPSA) is 77.9 Å². The van der Waals surface area contributed by atoms with Gasteiger partial charge < -0.3 is 19.2 Å². The van der Waals surface area contributed by atoms with Crippen molar-refractivity contribution >= 4 is 18.3 Å². The van der Waals surface area contributed by atoms with Gasteiger partial charge in [-0.25, -0.2) is 4.98 Å². The number of rotatable bonds is 8. The molecular weight excluding hydrogens is 381 g/mol. The fraction of sp³-hybridized carbons (Fsp3) is 0.739. The van der Waals surface area contributed by atoms with Crippen molar-refractivity contribution in [2.75, 3.05) is 6.61 Å². The van der Waals surface area contributed by atoms with E-state index in [9.17, 15) is 9.90 Å². The van der Waals surface area contributed by atoms with Gasteiger partial charge in [-0.2, -0.15) is 0 Å². The maximum absolute atomic E-state index is 12.6. The van der Waals surface area contributed by atoms with E-state index in [2.05, 4.69) is 4.98 Å². The molecule has 0 spiro atoms. The number of nitrogens with zero attached hydrogens (tertiary/aromatic N) is 1. The summed E-state index contributed by atoms with van der Waals surface area (Å²) in [5, 5.41) is 10.3. The molecule has 1 fully saturated rings. The van der Waals surface area contributed by atoms with Gasteiger partial charge in [-0.15, -0.1) is 0 Å². The molecule has 0 aliphatic heterocycles. The van der Waals surface area contributed by atoms with Crippen LogP contribution in [0.3, 0.4) is 0 Å². The monoisotopic (exact) mass is 419 g/mol. The van der Waals surface area contributed by atoms with Gasteiger partial charge in [0.15, 0.2) is 0 Å². The molecule has 7 heteroatoms. The van der Waals surface area contributed by atoms with Crippen LogP contribution in [0, 0.1) is 12.3 Å². The summed E-state index contributed by atoms with van der Waals surface area (Å²) in [7, 11) is 0. The van der Waals surface area contributed by atoms with Crippen molar-refractivity contribution in [3.05, 3.63) is 17.8 Å². The highest BCUT2D eigenvalue weighted by atomic mass is 16.6. The number of carbonyl (C=O) groups excluding carboxylic acids is 1.